The van der Waals surface area contributed by atoms with E-state index in [1.807, 2.05) is 6.92 Å². The summed E-state index contributed by atoms with van der Waals surface area (Å²) in [4.78, 5) is 0. The summed E-state index contributed by atoms with van der Waals surface area (Å²) in [5.41, 5.74) is 0. The highest BCUT2D eigenvalue weighted by Gasteiger charge is 2.37. The molecule has 0 radical (unpaired) electrons. The van der Waals surface area contributed by atoms with E-state index in [0.29, 0.717) is 6.61 Å². The Balaban J connectivity index is 4.32. The maximum atomic E-state index is 11.0. The second-order valence-corrected chi connectivity index (χ2v) is 12.8. The molecular formula is C12H28O4SSi. The average Bonchev–Trinajstić information content (AvgIpc) is 2.14. The Morgan fingerprint density at radius 1 is 1.17 bits per heavy atom. The van der Waals surface area contributed by atoms with Crippen LogP contribution in [0.2, 0.25) is 18.1 Å². The summed E-state index contributed by atoms with van der Waals surface area (Å²) < 4.78 is 32.8. The predicted molar refractivity (Wildman–Crippen MR) is 77.7 cm³/mol. The smallest absolute Gasteiger partial charge is 0.264 e. The van der Waals surface area contributed by atoms with Crippen molar-refractivity contribution in [3.05, 3.63) is 0 Å². The van der Waals surface area contributed by atoms with Crippen molar-refractivity contribution < 1.29 is 17.0 Å². The standard InChI is InChI=1S/C12H28O4SSi/c1-8-11(9-15-17(5,13)14)10-16-18(6,7)12(2,3)4/h11H,8-10H2,1-7H3/t11-/m0/s1. The van der Waals surface area contributed by atoms with Crippen LogP contribution < -0.4 is 0 Å². The Kier molecular flexibility index (Phi) is 6.53. The Morgan fingerprint density at radius 3 is 2.00 bits per heavy atom. The van der Waals surface area contributed by atoms with Gasteiger partial charge in [0.2, 0.25) is 0 Å². The van der Waals surface area contributed by atoms with E-state index in [1.54, 1.807) is 0 Å². The lowest BCUT2D eigenvalue weighted by Crippen LogP contribution is -2.42. The normalized spacial score (nSPS) is 15.7. The lowest BCUT2D eigenvalue weighted by atomic mass is 10.1. The van der Waals surface area contributed by atoms with E-state index in [2.05, 4.69) is 33.9 Å². The van der Waals surface area contributed by atoms with Crippen LogP contribution in [0.1, 0.15) is 34.1 Å². The summed E-state index contributed by atoms with van der Waals surface area (Å²) in [6.45, 7) is 13.7. The Bertz CT molecular complexity index is 344. The molecule has 0 aliphatic carbocycles. The summed E-state index contributed by atoms with van der Waals surface area (Å²) in [7, 11) is -5.12. The highest BCUT2D eigenvalue weighted by Crippen LogP contribution is 2.36. The zero-order valence-electron chi connectivity index (χ0n) is 12.7. The minimum absolute atomic E-state index is 0.133. The zero-order chi connectivity index (χ0) is 14.6. The van der Waals surface area contributed by atoms with Gasteiger partial charge >= 0.3 is 0 Å². The molecule has 0 saturated heterocycles. The lowest BCUT2D eigenvalue weighted by Gasteiger charge is -2.37. The van der Waals surface area contributed by atoms with Gasteiger partial charge in [0.25, 0.3) is 10.1 Å². The van der Waals surface area contributed by atoms with Crippen LogP contribution >= 0.6 is 0 Å². The van der Waals surface area contributed by atoms with Crippen LogP contribution in [-0.4, -0.2) is 36.2 Å². The Hall–Kier alpha value is 0.0869. The zero-order valence-corrected chi connectivity index (χ0v) is 14.6. The fraction of sp³-hybridized carbons (Fsp3) is 1.00. The molecule has 0 unspecified atom stereocenters. The van der Waals surface area contributed by atoms with Crippen molar-refractivity contribution in [2.45, 2.75) is 52.2 Å². The molecule has 0 heterocycles. The van der Waals surface area contributed by atoms with Gasteiger partial charge in [-0.05, 0) is 24.6 Å². The van der Waals surface area contributed by atoms with Crippen molar-refractivity contribution in [3.8, 4) is 0 Å². The molecular weight excluding hydrogens is 268 g/mol. The van der Waals surface area contributed by atoms with Crippen LogP contribution in [0.25, 0.3) is 0 Å². The van der Waals surface area contributed by atoms with E-state index in [-0.39, 0.29) is 17.6 Å². The van der Waals surface area contributed by atoms with E-state index in [0.717, 1.165) is 12.7 Å². The molecule has 0 spiro atoms. The minimum atomic E-state index is -3.36. The molecule has 0 saturated carbocycles. The van der Waals surface area contributed by atoms with Crippen LogP contribution in [0.4, 0.5) is 0 Å². The second kappa shape index (κ2) is 6.50. The Labute approximate surface area is 113 Å². The molecule has 0 amide bonds. The van der Waals surface area contributed by atoms with Gasteiger partial charge in [-0.15, -0.1) is 0 Å². The van der Waals surface area contributed by atoms with Crippen molar-refractivity contribution >= 4 is 18.4 Å². The van der Waals surface area contributed by atoms with Gasteiger partial charge in [-0.1, -0.05) is 27.7 Å². The summed E-state index contributed by atoms with van der Waals surface area (Å²) in [6, 6.07) is 0. The van der Waals surface area contributed by atoms with Crippen LogP contribution in [0.3, 0.4) is 0 Å². The van der Waals surface area contributed by atoms with Gasteiger partial charge in [0.1, 0.15) is 0 Å². The quantitative estimate of drug-likeness (QED) is 0.535. The molecule has 110 valence electrons. The molecule has 6 heteroatoms. The van der Waals surface area contributed by atoms with Gasteiger partial charge in [0.15, 0.2) is 8.32 Å². The summed E-state index contributed by atoms with van der Waals surface area (Å²) >= 11 is 0. The van der Waals surface area contributed by atoms with Crippen LogP contribution in [-0.2, 0) is 18.7 Å². The third-order valence-electron chi connectivity index (χ3n) is 3.58. The topological polar surface area (TPSA) is 52.6 Å². The van der Waals surface area contributed by atoms with E-state index >= 15 is 0 Å². The molecule has 4 nitrogen and oxygen atoms in total. The highest BCUT2D eigenvalue weighted by molar-refractivity contribution is 7.85. The maximum Gasteiger partial charge on any atom is 0.264 e. The molecule has 0 N–H and O–H groups in total. The van der Waals surface area contributed by atoms with Crippen molar-refractivity contribution in [2.24, 2.45) is 5.92 Å². The van der Waals surface area contributed by atoms with Gasteiger partial charge in [0, 0.05) is 12.5 Å². The largest absolute Gasteiger partial charge is 0.416 e. The molecule has 18 heavy (non-hydrogen) atoms. The summed E-state index contributed by atoms with van der Waals surface area (Å²) in [6.07, 6.45) is 1.93. The average molecular weight is 297 g/mol. The van der Waals surface area contributed by atoms with E-state index < -0.39 is 18.4 Å². The maximum absolute atomic E-state index is 11.0. The summed E-state index contributed by atoms with van der Waals surface area (Å²) in [5, 5.41) is 0.170. The van der Waals surface area contributed by atoms with Gasteiger partial charge < -0.3 is 4.43 Å². The van der Waals surface area contributed by atoms with Crippen molar-refractivity contribution in [2.75, 3.05) is 19.5 Å². The molecule has 0 aromatic heterocycles. The monoisotopic (exact) mass is 296 g/mol. The number of hydrogen-bond acceptors (Lipinski definition) is 4. The number of rotatable bonds is 7. The molecule has 0 bridgehead atoms. The van der Waals surface area contributed by atoms with Gasteiger partial charge in [-0.3, -0.25) is 4.18 Å². The molecule has 0 aromatic carbocycles. The SMILES string of the molecule is CC[C@H](CO[Si](C)(C)C(C)(C)C)COS(C)(=O)=O. The van der Waals surface area contributed by atoms with Crippen molar-refractivity contribution in [1.82, 2.24) is 0 Å². The highest BCUT2D eigenvalue weighted by atomic mass is 32.2. The first kappa shape index (κ1) is 18.1. The first-order chi connectivity index (χ1) is 7.89. The lowest BCUT2D eigenvalue weighted by molar-refractivity contribution is 0.167. The van der Waals surface area contributed by atoms with E-state index in [4.69, 9.17) is 8.61 Å². The van der Waals surface area contributed by atoms with Crippen LogP contribution in [0.15, 0.2) is 0 Å². The second-order valence-electron chi connectivity index (χ2n) is 6.33. The van der Waals surface area contributed by atoms with Crippen molar-refractivity contribution in [3.63, 3.8) is 0 Å². The van der Waals surface area contributed by atoms with Gasteiger partial charge in [0.05, 0.1) is 12.9 Å². The van der Waals surface area contributed by atoms with Crippen LogP contribution in [0.5, 0.6) is 0 Å². The molecule has 0 aliphatic rings. The van der Waals surface area contributed by atoms with E-state index in [9.17, 15) is 8.42 Å². The Morgan fingerprint density at radius 2 is 1.67 bits per heavy atom. The first-order valence-electron chi connectivity index (χ1n) is 6.37. The number of hydrogen-bond donors (Lipinski definition) is 0. The molecule has 0 aliphatic heterocycles. The predicted octanol–water partition coefficient (Wildman–Crippen LogP) is 3.01. The van der Waals surface area contributed by atoms with Gasteiger partial charge in [-0.2, -0.15) is 8.42 Å². The van der Waals surface area contributed by atoms with Crippen LogP contribution in [0, 0.1) is 5.92 Å². The fourth-order valence-corrected chi connectivity index (χ4v) is 2.57. The summed E-state index contributed by atoms with van der Waals surface area (Å²) in [5.74, 6) is 0.133. The van der Waals surface area contributed by atoms with E-state index in [1.165, 1.54) is 0 Å². The van der Waals surface area contributed by atoms with Crippen molar-refractivity contribution in [1.29, 1.82) is 0 Å². The minimum Gasteiger partial charge on any atom is -0.416 e. The third kappa shape index (κ3) is 6.87. The fourth-order valence-electron chi connectivity index (χ4n) is 1.05. The molecule has 1 atom stereocenters. The molecule has 0 fully saturated rings. The molecule has 0 rings (SSSR count). The third-order valence-corrected chi connectivity index (χ3v) is 8.65. The first-order valence-corrected chi connectivity index (χ1v) is 11.1. The van der Waals surface area contributed by atoms with Gasteiger partial charge in [-0.25, -0.2) is 0 Å². The molecule has 0 aromatic rings.